The predicted molar refractivity (Wildman–Crippen MR) is 91.5 cm³/mol. The van der Waals surface area contributed by atoms with Crippen molar-refractivity contribution in [1.82, 2.24) is 10.2 Å². The molecular weight excluding hydrogens is 345 g/mol. The molecule has 0 aliphatic rings. The monoisotopic (exact) mass is 364 g/mol. The minimum Gasteiger partial charge on any atom is -0.355 e. The maximum Gasteiger partial charge on any atom is 0.416 e. The normalized spacial score (nSPS) is 11.1. The van der Waals surface area contributed by atoms with Crippen molar-refractivity contribution in [3.63, 3.8) is 0 Å². The number of hydrogen-bond donors (Lipinski definition) is 1. The molecule has 0 heterocycles. The molecule has 0 aliphatic heterocycles. The van der Waals surface area contributed by atoms with Crippen molar-refractivity contribution in [2.75, 3.05) is 14.1 Å². The van der Waals surface area contributed by atoms with Crippen LogP contribution in [0.25, 0.3) is 0 Å². The van der Waals surface area contributed by atoms with Crippen LogP contribution in [0.2, 0.25) is 0 Å². The van der Waals surface area contributed by atoms with Crippen LogP contribution in [-0.4, -0.2) is 30.8 Å². The third-order valence-electron chi connectivity index (χ3n) is 3.93. The Morgan fingerprint density at radius 2 is 1.50 bits per heavy atom. The number of likely N-dealkylation sites (N-methyl/N-ethyl adjacent to an activating group) is 1. The maximum atomic E-state index is 12.6. The Hall–Kier alpha value is -2.83. The van der Waals surface area contributed by atoms with E-state index >= 15 is 0 Å². The van der Waals surface area contributed by atoms with Gasteiger partial charge >= 0.3 is 6.18 Å². The molecular formula is C19H19F3N2O2. The summed E-state index contributed by atoms with van der Waals surface area (Å²) in [5, 5.41) is 2.53. The third-order valence-corrected chi connectivity index (χ3v) is 3.93. The Kier molecular flexibility index (Phi) is 6.02. The van der Waals surface area contributed by atoms with E-state index in [0.29, 0.717) is 17.7 Å². The number of hydrogen-bond acceptors (Lipinski definition) is 2. The number of carbonyl (C=O) groups excluding carboxylic acids is 2. The lowest BCUT2D eigenvalue weighted by Crippen LogP contribution is -2.27. The molecule has 2 aromatic rings. The summed E-state index contributed by atoms with van der Waals surface area (Å²) in [6.07, 6.45) is -4.37. The Balaban J connectivity index is 1.96. The lowest BCUT2D eigenvalue weighted by molar-refractivity contribution is -0.137. The van der Waals surface area contributed by atoms with Gasteiger partial charge in [0.15, 0.2) is 0 Å². The van der Waals surface area contributed by atoms with Crippen molar-refractivity contribution in [1.29, 1.82) is 0 Å². The van der Waals surface area contributed by atoms with Crippen LogP contribution in [0.1, 0.15) is 27.0 Å². The number of rotatable bonds is 5. The molecule has 0 radical (unpaired) electrons. The topological polar surface area (TPSA) is 49.4 Å². The molecule has 4 nitrogen and oxygen atoms in total. The van der Waals surface area contributed by atoms with Gasteiger partial charge in [-0.1, -0.05) is 24.3 Å². The van der Waals surface area contributed by atoms with E-state index in [-0.39, 0.29) is 18.2 Å². The highest BCUT2D eigenvalue weighted by atomic mass is 19.4. The smallest absolute Gasteiger partial charge is 0.355 e. The highest BCUT2D eigenvalue weighted by Gasteiger charge is 2.30. The van der Waals surface area contributed by atoms with Gasteiger partial charge in [0.2, 0.25) is 5.91 Å². The largest absolute Gasteiger partial charge is 0.416 e. The van der Waals surface area contributed by atoms with Crippen LogP contribution in [0.3, 0.4) is 0 Å². The van der Waals surface area contributed by atoms with Crippen molar-refractivity contribution in [2.45, 2.75) is 19.1 Å². The van der Waals surface area contributed by atoms with Crippen LogP contribution in [-0.2, 0) is 23.9 Å². The zero-order valence-corrected chi connectivity index (χ0v) is 14.4. The van der Waals surface area contributed by atoms with Crippen molar-refractivity contribution in [2.24, 2.45) is 0 Å². The van der Waals surface area contributed by atoms with E-state index in [0.717, 1.165) is 17.7 Å². The van der Waals surface area contributed by atoms with Crippen molar-refractivity contribution < 1.29 is 22.8 Å². The maximum absolute atomic E-state index is 12.6. The zero-order valence-electron chi connectivity index (χ0n) is 14.4. The van der Waals surface area contributed by atoms with Crippen molar-refractivity contribution in [3.05, 3.63) is 70.8 Å². The molecule has 138 valence electrons. The van der Waals surface area contributed by atoms with E-state index in [1.165, 1.54) is 17.0 Å². The van der Waals surface area contributed by atoms with E-state index in [2.05, 4.69) is 5.32 Å². The number of amides is 2. The van der Waals surface area contributed by atoms with Gasteiger partial charge in [0.05, 0.1) is 12.0 Å². The summed E-state index contributed by atoms with van der Waals surface area (Å²) in [6.45, 7) is 0.341. The molecule has 0 aliphatic carbocycles. The van der Waals surface area contributed by atoms with Gasteiger partial charge in [-0.3, -0.25) is 9.59 Å². The van der Waals surface area contributed by atoms with Crippen LogP contribution in [0.4, 0.5) is 13.2 Å². The van der Waals surface area contributed by atoms with Crippen LogP contribution < -0.4 is 5.32 Å². The van der Waals surface area contributed by atoms with Gasteiger partial charge in [-0.15, -0.1) is 0 Å². The first-order valence-corrected chi connectivity index (χ1v) is 7.92. The predicted octanol–water partition coefficient (Wildman–Crippen LogP) is 3.27. The molecule has 26 heavy (non-hydrogen) atoms. The fraction of sp³-hybridized carbons (Fsp3) is 0.263. The van der Waals surface area contributed by atoms with Gasteiger partial charge in [-0.25, -0.2) is 0 Å². The number of carbonyl (C=O) groups is 2. The van der Waals surface area contributed by atoms with E-state index in [1.54, 1.807) is 38.4 Å². The number of halogens is 3. The molecule has 0 aromatic heterocycles. The van der Waals surface area contributed by atoms with Gasteiger partial charge in [0.1, 0.15) is 0 Å². The van der Waals surface area contributed by atoms with Crippen LogP contribution >= 0.6 is 0 Å². The fourth-order valence-corrected chi connectivity index (χ4v) is 2.39. The van der Waals surface area contributed by atoms with Gasteiger partial charge in [-0.2, -0.15) is 13.2 Å². The van der Waals surface area contributed by atoms with E-state index in [4.69, 9.17) is 0 Å². The van der Waals surface area contributed by atoms with Gasteiger partial charge in [0, 0.05) is 26.2 Å². The van der Waals surface area contributed by atoms with Gasteiger partial charge in [-0.05, 0) is 35.4 Å². The summed E-state index contributed by atoms with van der Waals surface area (Å²) in [6, 6.07) is 11.4. The number of benzene rings is 2. The molecule has 1 N–H and O–H groups in total. The zero-order chi connectivity index (χ0) is 19.3. The summed E-state index contributed by atoms with van der Waals surface area (Å²) >= 11 is 0. The van der Waals surface area contributed by atoms with Crippen molar-refractivity contribution in [3.8, 4) is 0 Å². The Morgan fingerprint density at radius 3 is 2.00 bits per heavy atom. The molecule has 0 unspecified atom stereocenters. The molecule has 0 fully saturated rings. The lowest BCUT2D eigenvalue weighted by Gasteiger charge is -2.18. The molecule has 0 saturated carbocycles. The first-order chi connectivity index (χ1) is 12.2. The number of nitrogens with one attached hydrogen (secondary N) is 1. The summed E-state index contributed by atoms with van der Waals surface area (Å²) in [4.78, 5) is 25.3. The Labute approximate surface area is 149 Å². The highest BCUT2D eigenvalue weighted by molar-refractivity contribution is 5.93. The third kappa shape index (κ3) is 5.08. The Bertz CT molecular complexity index is 769. The number of alkyl halides is 3. The summed E-state index contributed by atoms with van der Waals surface area (Å²) in [7, 11) is 3.17. The SMILES string of the molecule is CNC(=O)c1ccc(CN(C)C(=O)Cc2ccc(C(F)(F)F)cc2)cc1. The molecule has 0 atom stereocenters. The summed E-state index contributed by atoms with van der Waals surface area (Å²) in [5.74, 6) is -0.400. The van der Waals surface area contributed by atoms with E-state index in [9.17, 15) is 22.8 Å². The van der Waals surface area contributed by atoms with E-state index in [1.807, 2.05) is 0 Å². The molecule has 7 heteroatoms. The second kappa shape index (κ2) is 8.03. The molecule has 0 bridgehead atoms. The minimum absolute atomic E-state index is 0.0188. The molecule has 2 rings (SSSR count). The van der Waals surface area contributed by atoms with Gasteiger partial charge < -0.3 is 10.2 Å². The standard InChI is InChI=1S/C19H19F3N2O2/c1-23-18(26)15-7-3-14(4-8-15)12-24(2)17(25)11-13-5-9-16(10-6-13)19(20,21)22/h3-10H,11-12H2,1-2H3,(H,23,26). The summed E-state index contributed by atoms with van der Waals surface area (Å²) < 4.78 is 37.7. The van der Waals surface area contributed by atoms with Gasteiger partial charge in [0.25, 0.3) is 5.91 Å². The second-order valence-electron chi connectivity index (χ2n) is 5.90. The first kappa shape index (κ1) is 19.5. The molecule has 2 aromatic carbocycles. The minimum atomic E-state index is -4.39. The summed E-state index contributed by atoms with van der Waals surface area (Å²) in [5.41, 5.74) is 1.15. The average Bonchev–Trinajstić information content (AvgIpc) is 2.61. The van der Waals surface area contributed by atoms with Crippen LogP contribution in [0.5, 0.6) is 0 Å². The lowest BCUT2D eigenvalue weighted by atomic mass is 10.1. The molecule has 0 spiro atoms. The number of nitrogens with zero attached hydrogens (tertiary/aromatic N) is 1. The molecule has 2 amide bonds. The first-order valence-electron chi connectivity index (χ1n) is 7.92. The van der Waals surface area contributed by atoms with Crippen LogP contribution in [0.15, 0.2) is 48.5 Å². The second-order valence-corrected chi connectivity index (χ2v) is 5.90. The van der Waals surface area contributed by atoms with Crippen molar-refractivity contribution >= 4 is 11.8 Å². The van der Waals surface area contributed by atoms with Crippen LogP contribution in [0, 0.1) is 0 Å². The van der Waals surface area contributed by atoms with E-state index < -0.39 is 11.7 Å². The molecule has 0 saturated heterocycles. The highest BCUT2D eigenvalue weighted by Crippen LogP contribution is 2.29. The quantitative estimate of drug-likeness (QED) is 0.885. The average molecular weight is 364 g/mol. The fourth-order valence-electron chi connectivity index (χ4n) is 2.39. The Morgan fingerprint density at radius 1 is 0.962 bits per heavy atom.